The molecule has 1 atom stereocenters. The van der Waals surface area contributed by atoms with Crippen molar-refractivity contribution in [1.82, 2.24) is 20.7 Å². The van der Waals surface area contributed by atoms with Crippen molar-refractivity contribution in [3.8, 4) is 0 Å². The number of hydrogen-bond donors (Lipinski definition) is 2. The van der Waals surface area contributed by atoms with Gasteiger partial charge in [-0.05, 0) is 38.8 Å². The summed E-state index contributed by atoms with van der Waals surface area (Å²) in [6.07, 6.45) is 6.09. The molecule has 0 aromatic carbocycles. The minimum Gasteiger partial charge on any atom is -0.359 e. The highest BCUT2D eigenvalue weighted by atomic mass is 16.5. The number of nitrogens with one attached hydrogen (secondary N) is 2. The molecule has 0 spiro atoms. The maximum atomic E-state index is 5.47. The van der Waals surface area contributed by atoms with Gasteiger partial charge in [0.1, 0.15) is 0 Å². The Morgan fingerprint density at radius 1 is 1.32 bits per heavy atom. The summed E-state index contributed by atoms with van der Waals surface area (Å²) in [7, 11) is 1.81. The van der Waals surface area contributed by atoms with E-state index in [4.69, 9.17) is 4.52 Å². The van der Waals surface area contributed by atoms with Crippen LogP contribution in [0.15, 0.2) is 15.6 Å². The summed E-state index contributed by atoms with van der Waals surface area (Å²) in [5.74, 6) is 2.17. The van der Waals surface area contributed by atoms with Crippen LogP contribution in [-0.4, -0.2) is 48.7 Å². The number of aliphatic imine (C=N–C) groups is 1. The Hall–Kier alpha value is -1.56. The van der Waals surface area contributed by atoms with Crippen LogP contribution < -0.4 is 10.6 Å². The number of piperidine rings is 1. The Morgan fingerprint density at radius 3 is 2.80 bits per heavy atom. The molecule has 2 N–H and O–H groups in total. The fourth-order valence-electron chi connectivity index (χ4n) is 3.63. The van der Waals surface area contributed by atoms with Crippen LogP contribution in [0.5, 0.6) is 0 Å². The van der Waals surface area contributed by atoms with Crippen LogP contribution in [-0.2, 0) is 6.54 Å². The smallest absolute Gasteiger partial charge is 0.191 e. The predicted molar refractivity (Wildman–Crippen MR) is 103 cm³/mol. The maximum Gasteiger partial charge on any atom is 0.191 e. The summed E-state index contributed by atoms with van der Waals surface area (Å²) in [6, 6.07) is 2.67. The van der Waals surface area contributed by atoms with E-state index in [2.05, 4.69) is 52.5 Å². The quantitative estimate of drug-likeness (QED) is 0.558. The molecule has 1 aromatic heterocycles. The lowest BCUT2D eigenvalue weighted by molar-refractivity contribution is 0.157. The molecule has 2 rings (SSSR count). The monoisotopic (exact) mass is 349 g/mol. The van der Waals surface area contributed by atoms with Gasteiger partial charge in [0.05, 0.1) is 12.2 Å². The van der Waals surface area contributed by atoms with E-state index in [1.165, 1.54) is 25.8 Å². The van der Waals surface area contributed by atoms with Crippen LogP contribution >= 0.6 is 0 Å². The SMILES string of the molecule is CCC(CC)c1cc(CNC(=NC)NCC2CCCCN2CC)on1. The predicted octanol–water partition coefficient (Wildman–Crippen LogP) is 3.12. The third-order valence-electron chi connectivity index (χ3n) is 5.30. The lowest BCUT2D eigenvalue weighted by Gasteiger charge is -2.35. The summed E-state index contributed by atoms with van der Waals surface area (Å²) in [4.78, 5) is 6.88. The van der Waals surface area contributed by atoms with Crippen LogP contribution in [0.2, 0.25) is 0 Å². The van der Waals surface area contributed by atoms with Crippen LogP contribution in [0.4, 0.5) is 0 Å². The molecule has 6 nitrogen and oxygen atoms in total. The number of likely N-dealkylation sites (N-methyl/N-ethyl adjacent to an activating group) is 1. The second-order valence-electron chi connectivity index (χ2n) is 6.82. The molecule has 0 saturated carbocycles. The molecule has 25 heavy (non-hydrogen) atoms. The highest BCUT2D eigenvalue weighted by molar-refractivity contribution is 5.79. The van der Waals surface area contributed by atoms with Crippen molar-refractivity contribution in [3.05, 3.63) is 17.5 Å². The lowest BCUT2D eigenvalue weighted by Crippen LogP contribution is -2.48. The van der Waals surface area contributed by atoms with Gasteiger partial charge < -0.3 is 15.2 Å². The van der Waals surface area contributed by atoms with E-state index in [9.17, 15) is 0 Å². The van der Waals surface area contributed by atoms with Crippen molar-refractivity contribution < 1.29 is 4.52 Å². The highest BCUT2D eigenvalue weighted by Gasteiger charge is 2.21. The second kappa shape index (κ2) is 10.4. The third-order valence-corrected chi connectivity index (χ3v) is 5.30. The summed E-state index contributed by atoms with van der Waals surface area (Å²) in [5, 5.41) is 11.0. The zero-order valence-corrected chi connectivity index (χ0v) is 16.3. The molecule has 1 saturated heterocycles. The van der Waals surface area contributed by atoms with E-state index in [1.807, 2.05) is 7.05 Å². The van der Waals surface area contributed by atoms with Gasteiger partial charge in [-0.3, -0.25) is 9.89 Å². The first-order chi connectivity index (χ1) is 12.2. The first-order valence-electron chi connectivity index (χ1n) is 9.85. The molecule has 1 unspecified atom stereocenters. The van der Waals surface area contributed by atoms with E-state index < -0.39 is 0 Å². The average Bonchev–Trinajstić information content (AvgIpc) is 3.12. The molecule has 1 fully saturated rings. The van der Waals surface area contributed by atoms with Gasteiger partial charge in [-0.1, -0.05) is 32.3 Å². The van der Waals surface area contributed by atoms with Crippen molar-refractivity contribution in [3.63, 3.8) is 0 Å². The average molecular weight is 350 g/mol. The van der Waals surface area contributed by atoms with Crippen LogP contribution in [0.3, 0.4) is 0 Å². The molecule has 6 heteroatoms. The summed E-state index contributed by atoms with van der Waals surface area (Å²) >= 11 is 0. The Labute approximate surface area is 152 Å². The number of aromatic nitrogens is 1. The fraction of sp³-hybridized carbons (Fsp3) is 0.789. The molecule has 0 bridgehead atoms. The van der Waals surface area contributed by atoms with Crippen LogP contribution in [0.1, 0.15) is 70.2 Å². The molecule has 1 aromatic rings. The zero-order chi connectivity index (χ0) is 18.1. The van der Waals surface area contributed by atoms with Gasteiger partial charge in [-0.2, -0.15) is 0 Å². The van der Waals surface area contributed by atoms with E-state index in [-0.39, 0.29) is 0 Å². The Balaban J connectivity index is 1.80. The van der Waals surface area contributed by atoms with Crippen molar-refractivity contribution >= 4 is 5.96 Å². The first-order valence-corrected chi connectivity index (χ1v) is 9.85. The Morgan fingerprint density at radius 2 is 2.12 bits per heavy atom. The van der Waals surface area contributed by atoms with Crippen molar-refractivity contribution in [2.75, 3.05) is 26.7 Å². The van der Waals surface area contributed by atoms with E-state index in [1.54, 1.807) is 0 Å². The zero-order valence-electron chi connectivity index (χ0n) is 16.3. The van der Waals surface area contributed by atoms with Gasteiger partial charge >= 0.3 is 0 Å². The van der Waals surface area contributed by atoms with E-state index >= 15 is 0 Å². The van der Waals surface area contributed by atoms with Crippen molar-refractivity contribution in [1.29, 1.82) is 0 Å². The van der Waals surface area contributed by atoms with Gasteiger partial charge in [0.2, 0.25) is 0 Å². The number of guanidine groups is 1. The Bertz CT molecular complexity index is 524. The van der Waals surface area contributed by atoms with Crippen LogP contribution in [0, 0.1) is 0 Å². The minimum atomic E-state index is 0.487. The molecule has 0 amide bonds. The third kappa shape index (κ3) is 5.73. The molecule has 0 radical (unpaired) electrons. The van der Waals surface area contributed by atoms with Gasteiger partial charge in [-0.15, -0.1) is 0 Å². The second-order valence-corrected chi connectivity index (χ2v) is 6.82. The topological polar surface area (TPSA) is 65.7 Å². The van der Waals surface area contributed by atoms with Crippen molar-refractivity contribution in [2.24, 2.45) is 4.99 Å². The van der Waals surface area contributed by atoms with E-state index in [0.29, 0.717) is 18.5 Å². The molecule has 0 aliphatic carbocycles. The summed E-state index contributed by atoms with van der Waals surface area (Å²) in [5.41, 5.74) is 1.06. The highest BCUT2D eigenvalue weighted by Crippen LogP contribution is 2.22. The largest absolute Gasteiger partial charge is 0.359 e. The molecule has 2 heterocycles. The Kier molecular flexibility index (Phi) is 8.25. The molecule has 1 aliphatic rings. The number of likely N-dealkylation sites (tertiary alicyclic amines) is 1. The fourth-order valence-corrected chi connectivity index (χ4v) is 3.63. The molecular formula is C19H35N5O. The summed E-state index contributed by atoms with van der Waals surface area (Å²) in [6.45, 7) is 10.5. The number of nitrogens with zero attached hydrogens (tertiary/aromatic N) is 3. The normalized spacial score (nSPS) is 19.4. The van der Waals surface area contributed by atoms with E-state index in [0.717, 1.165) is 43.3 Å². The van der Waals surface area contributed by atoms with Crippen LogP contribution in [0.25, 0.3) is 0 Å². The number of hydrogen-bond acceptors (Lipinski definition) is 4. The van der Waals surface area contributed by atoms with Gasteiger partial charge in [0.25, 0.3) is 0 Å². The standard InChI is InChI=1S/C19H35N5O/c1-5-15(6-2)18-12-17(25-23-18)14-22-19(20-4)21-13-16-10-8-9-11-24(16)7-3/h12,15-16H,5-11,13-14H2,1-4H3,(H2,20,21,22). The lowest BCUT2D eigenvalue weighted by atomic mass is 9.99. The molecule has 142 valence electrons. The molecular weight excluding hydrogens is 314 g/mol. The molecule has 1 aliphatic heterocycles. The summed E-state index contributed by atoms with van der Waals surface area (Å²) < 4.78 is 5.47. The van der Waals surface area contributed by atoms with Gasteiger partial charge in [0, 0.05) is 31.6 Å². The van der Waals surface area contributed by atoms with Gasteiger partial charge in [-0.25, -0.2) is 0 Å². The number of rotatable bonds is 8. The maximum absolute atomic E-state index is 5.47. The van der Waals surface area contributed by atoms with Gasteiger partial charge in [0.15, 0.2) is 11.7 Å². The first kappa shape index (κ1) is 19.8. The van der Waals surface area contributed by atoms with Crippen molar-refractivity contribution in [2.45, 2.75) is 71.4 Å². The minimum absolute atomic E-state index is 0.487.